The van der Waals surface area contributed by atoms with Crippen LogP contribution in [0.4, 0.5) is 0 Å². The van der Waals surface area contributed by atoms with Gasteiger partial charge in [-0.1, -0.05) is 17.7 Å². The molecule has 1 amide bonds. The number of carboxylic acids is 1. The molecular weight excluding hydrogens is 442 g/mol. The van der Waals surface area contributed by atoms with Crippen LogP contribution in [-0.4, -0.2) is 35.4 Å². The molecule has 2 N–H and O–H groups in total. The first-order valence-corrected chi connectivity index (χ1v) is 11.7. The lowest BCUT2D eigenvalue weighted by atomic mass is 9.87. The second-order valence-corrected chi connectivity index (χ2v) is 9.06. The highest BCUT2D eigenvalue weighted by molar-refractivity contribution is 6.31. The van der Waals surface area contributed by atoms with Gasteiger partial charge in [0.1, 0.15) is 5.75 Å². The smallest absolute Gasteiger partial charge is 0.306 e. The van der Waals surface area contributed by atoms with E-state index >= 15 is 0 Å². The van der Waals surface area contributed by atoms with Gasteiger partial charge in [0, 0.05) is 29.1 Å². The summed E-state index contributed by atoms with van der Waals surface area (Å²) in [6.45, 7) is 4.16. The van der Waals surface area contributed by atoms with Gasteiger partial charge in [-0.2, -0.15) is 0 Å². The van der Waals surface area contributed by atoms with Crippen LogP contribution in [0, 0.1) is 19.8 Å². The number of ether oxygens (including phenoxy) is 1. The summed E-state index contributed by atoms with van der Waals surface area (Å²) in [6.07, 6.45) is 3.57. The van der Waals surface area contributed by atoms with Gasteiger partial charge < -0.3 is 15.2 Å². The first kappa shape index (κ1) is 24.8. The Bertz CT molecular complexity index is 1030. The lowest BCUT2D eigenvalue weighted by Gasteiger charge is -2.27. The van der Waals surface area contributed by atoms with Gasteiger partial charge >= 0.3 is 5.97 Å². The number of hydrogen-bond acceptors (Lipinski definition) is 4. The van der Waals surface area contributed by atoms with Gasteiger partial charge in [0.2, 0.25) is 0 Å². The maximum atomic E-state index is 12.6. The van der Waals surface area contributed by atoms with E-state index in [4.69, 9.17) is 21.4 Å². The molecule has 1 aliphatic rings. The zero-order chi connectivity index (χ0) is 24.0. The molecule has 0 bridgehead atoms. The van der Waals surface area contributed by atoms with Gasteiger partial charge in [-0.15, -0.1) is 0 Å². The van der Waals surface area contributed by atoms with Gasteiger partial charge in [0.15, 0.2) is 5.78 Å². The number of nitrogens with one attached hydrogen (secondary N) is 1. The van der Waals surface area contributed by atoms with Crippen molar-refractivity contribution >= 4 is 29.3 Å². The Kier molecular flexibility index (Phi) is 8.50. The van der Waals surface area contributed by atoms with Gasteiger partial charge in [-0.3, -0.25) is 14.4 Å². The zero-order valence-corrected chi connectivity index (χ0v) is 19.8. The number of carboxylic acid groups (broad SMARTS) is 1. The molecule has 0 aliphatic heterocycles. The number of rotatable bonds is 9. The molecule has 0 unspecified atom stereocenters. The monoisotopic (exact) mass is 471 g/mol. The molecule has 0 aromatic heterocycles. The topological polar surface area (TPSA) is 92.7 Å². The average Bonchev–Trinajstić information content (AvgIpc) is 2.78. The SMILES string of the molecule is Cc1ccc(C(=O)NCCCC(=O)c2ccc(OC3CCC(C(=O)O)CC3)cc2C)cc1Cl. The molecule has 6 nitrogen and oxygen atoms in total. The van der Waals surface area contributed by atoms with E-state index in [1.165, 1.54) is 0 Å². The van der Waals surface area contributed by atoms with Crippen molar-refractivity contribution in [3.8, 4) is 5.75 Å². The van der Waals surface area contributed by atoms with Gasteiger partial charge in [0.25, 0.3) is 5.91 Å². The molecule has 0 radical (unpaired) electrons. The van der Waals surface area contributed by atoms with Crippen LogP contribution in [0.1, 0.15) is 70.4 Å². The van der Waals surface area contributed by atoms with E-state index < -0.39 is 5.97 Å². The van der Waals surface area contributed by atoms with Crippen molar-refractivity contribution in [3.63, 3.8) is 0 Å². The van der Waals surface area contributed by atoms with E-state index in [2.05, 4.69) is 5.32 Å². The minimum absolute atomic E-state index is 0.00794. The highest BCUT2D eigenvalue weighted by Crippen LogP contribution is 2.29. The number of amides is 1. The molecule has 33 heavy (non-hydrogen) atoms. The average molecular weight is 472 g/mol. The van der Waals surface area contributed by atoms with Crippen LogP contribution in [0.25, 0.3) is 0 Å². The Hall–Kier alpha value is -2.86. The molecule has 1 fully saturated rings. The number of ketones is 1. The summed E-state index contributed by atoms with van der Waals surface area (Å²) in [7, 11) is 0. The van der Waals surface area contributed by atoms with E-state index in [-0.39, 0.29) is 23.7 Å². The minimum Gasteiger partial charge on any atom is -0.490 e. The summed E-state index contributed by atoms with van der Waals surface area (Å²) < 4.78 is 6.02. The Morgan fingerprint density at radius 3 is 2.39 bits per heavy atom. The quantitative estimate of drug-likeness (QED) is 0.378. The lowest BCUT2D eigenvalue weighted by Crippen LogP contribution is -2.27. The van der Waals surface area contributed by atoms with E-state index in [9.17, 15) is 14.4 Å². The van der Waals surface area contributed by atoms with E-state index in [0.29, 0.717) is 54.1 Å². The lowest BCUT2D eigenvalue weighted by molar-refractivity contribution is -0.143. The molecule has 7 heteroatoms. The van der Waals surface area contributed by atoms with Crippen LogP contribution in [0.15, 0.2) is 36.4 Å². The molecule has 2 aromatic carbocycles. The normalized spacial score (nSPS) is 17.9. The Morgan fingerprint density at radius 1 is 1.03 bits per heavy atom. The third-order valence-electron chi connectivity index (χ3n) is 6.12. The second-order valence-electron chi connectivity index (χ2n) is 8.65. The standard InChI is InChI=1S/C26H30ClNO5/c1-16-5-6-19(15-23(16)27)25(30)28-13-3-4-24(29)22-12-11-21(14-17(22)2)33-20-9-7-18(8-10-20)26(31)32/h5-6,11-12,14-15,18,20H,3-4,7-10,13H2,1-2H3,(H,28,30)(H,31,32). The fourth-order valence-corrected chi connectivity index (χ4v) is 4.24. The fourth-order valence-electron chi connectivity index (χ4n) is 4.06. The summed E-state index contributed by atoms with van der Waals surface area (Å²) >= 11 is 6.07. The number of Topliss-reactive ketones (excluding diaryl/α,β-unsaturated/α-hetero) is 1. The molecule has 1 aliphatic carbocycles. The van der Waals surface area contributed by atoms with E-state index in [0.717, 1.165) is 24.0 Å². The Balaban J connectivity index is 1.45. The summed E-state index contributed by atoms with van der Waals surface area (Å²) in [4.78, 5) is 36.0. The van der Waals surface area contributed by atoms with Crippen LogP contribution in [0.5, 0.6) is 5.75 Å². The third-order valence-corrected chi connectivity index (χ3v) is 6.53. The molecule has 0 spiro atoms. The largest absolute Gasteiger partial charge is 0.490 e. The van der Waals surface area contributed by atoms with Crippen molar-refractivity contribution in [1.82, 2.24) is 5.32 Å². The minimum atomic E-state index is -0.730. The van der Waals surface area contributed by atoms with Crippen molar-refractivity contribution in [1.29, 1.82) is 0 Å². The van der Waals surface area contributed by atoms with E-state index in [1.54, 1.807) is 30.3 Å². The first-order valence-electron chi connectivity index (χ1n) is 11.3. The maximum Gasteiger partial charge on any atom is 0.306 e. The van der Waals surface area contributed by atoms with Crippen LogP contribution in [0.3, 0.4) is 0 Å². The zero-order valence-electron chi connectivity index (χ0n) is 19.0. The highest BCUT2D eigenvalue weighted by Gasteiger charge is 2.27. The molecule has 0 atom stereocenters. The maximum absolute atomic E-state index is 12.6. The molecule has 0 heterocycles. The van der Waals surface area contributed by atoms with Crippen molar-refractivity contribution < 1.29 is 24.2 Å². The van der Waals surface area contributed by atoms with Crippen molar-refractivity contribution in [2.75, 3.05) is 6.54 Å². The van der Waals surface area contributed by atoms with Crippen LogP contribution >= 0.6 is 11.6 Å². The molecule has 176 valence electrons. The van der Waals surface area contributed by atoms with Gasteiger partial charge in [-0.05, 0) is 87.4 Å². The third kappa shape index (κ3) is 6.81. The second kappa shape index (κ2) is 11.3. The Labute approximate surface area is 199 Å². The molecule has 0 saturated heterocycles. The number of aliphatic carboxylic acids is 1. The summed E-state index contributed by atoms with van der Waals surface area (Å²) in [5, 5.41) is 12.5. The van der Waals surface area contributed by atoms with Crippen molar-refractivity contribution in [3.05, 3.63) is 63.7 Å². The van der Waals surface area contributed by atoms with Gasteiger partial charge in [0.05, 0.1) is 12.0 Å². The van der Waals surface area contributed by atoms with Gasteiger partial charge in [-0.25, -0.2) is 0 Å². The predicted molar refractivity (Wildman–Crippen MR) is 127 cm³/mol. The fraction of sp³-hybridized carbons (Fsp3) is 0.423. The molecular formula is C26H30ClNO5. The number of hydrogen-bond donors (Lipinski definition) is 2. The van der Waals surface area contributed by atoms with Crippen LogP contribution < -0.4 is 10.1 Å². The summed E-state index contributed by atoms with van der Waals surface area (Å²) in [5.41, 5.74) is 2.90. The van der Waals surface area contributed by atoms with E-state index in [1.807, 2.05) is 19.9 Å². The number of carbonyl (C=O) groups is 3. The molecule has 1 saturated carbocycles. The van der Waals surface area contributed by atoms with Crippen LogP contribution in [-0.2, 0) is 4.79 Å². The molecule has 3 rings (SSSR count). The van der Waals surface area contributed by atoms with Crippen LogP contribution in [0.2, 0.25) is 5.02 Å². The summed E-state index contributed by atoms with van der Waals surface area (Å²) in [5.74, 6) is -0.489. The number of benzene rings is 2. The summed E-state index contributed by atoms with van der Waals surface area (Å²) in [6, 6.07) is 10.6. The molecule has 2 aromatic rings. The predicted octanol–water partition coefficient (Wildman–Crippen LogP) is 5.37. The number of halogens is 1. The highest BCUT2D eigenvalue weighted by atomic mass is 35.5. The number of aryl methyl sites for hydroxylation is 2. The van der Waals surface area contributed by atoms with Crippen molar-refractivity contribution in [2.24, 2.45) is 5.92 Å². The Morgan fingerprint density at radius 2 is 1.76 bits per heavy atom. The first-order chi connectivity index (χ1) is 15.7. The van der Waals surface area contributed by atoms with Crippen molar-refractivity contribution in [2.45, 2.75) is 58.5 Å². The number of carbonyl (C=O) groups excluding carboxylic acids is 2.